The van der Waals surface area contributed by atoms with Gasteiger partial charge in [-0.2, -0.15) is 0 Å². The topological polar surface area (TPSA) is 45.2 Å². The van der Waals surface area contributed by atoms with Gasteiger partial charge < -0.3 is 10.2 Å². The number of nitrogens with one attached hydrogen (secondary N) is 1. The molecule has 2 aromatic rings. The fourth-order valence-electron chi connectivity index (χ4n) is 3.11. The largest absolute Gasteiger partial charge is 0.338 e. The average molecular weight is 329 g/mol. The summed E-state index contributed by atoms with van der Waals surface area (Å²) in [4.78, 5) is 20.2. The fourth-order valence-corrected chi connectivity index (χ4v) is 4.18. The molecule has 122 valence electrons. The minimum absolute atomic E-state index is 0.151. The molecule has 5 heteroatoms. The Balaban J connectivity index is 1.70. The number of aromatic nitrogens is 1. The van der Waals surface area contributed by atoms with E-state index in [4.69, 9.17) is 0 Å². The van der Waals surface area contributed by atoms with Gasteiger partial charge in [-0.15, -0.1) is 11.3 Å². The quantitative estimate of drug-likeness (QED) is 0.917. The summed E-state index contributed by atoms with van der Waals surface area (Å²) in [5.74, 6) is 0.721. The molecule has 0 radical (unpaired) electrons. The van der Waals surface area contributed by atoms with Crippen LogP contribution >= 0.6 is 11.3 Å². The lowest BCUT2D eigenvalue weighted by atomic mass is 10.1. The van der Waals surface area contributed by atoms with Gasteiger partial charge in [0.25, 0.3) is 5.91 Å². The van der Waals surface area contributed by atoms with Gasteiger partial charge >= 0.3 is 0 Å². The van der Waals surface area contributed by atoms with Crippen LogP contribution in [0.2, 0.25) is 0 Å². The zero-order valence-electron chi connectivity index (χ0n) is 13.7. The predicted molar refractivity (Wildman–Crippen MR) is 94.0 cm³/mol. The summed E-state index contributed by atoms with van der Waals surface area (Å²) < 4.78 is 0. The maximum absolute atomic E-state index is 12.8. The monoisotopic (exact) mass is 329 g/mol. The molecule has 2 heterocycles. The molecule has 1 N–H and O–H groups in total. The Kier molecular flexibility index (Phi) is 5.08. The first-order chi connectivity index (χ1) is 11.2. The third kappa shape index (κ3) is 3.79. The van der Waals surface area contributed by atoms with Crippen LogP contribution in [0.4, 0.5) is 0 Å². The number of carbonyl (C=O) groups is 1. The van der Waals surface area contributed by atoms with Crippen LogP contribution in [0.25, 0.3) is 0 Å². The molecule has 3 rings (SSSR count). The minimum atomic E-state index is 0.151. The molecule has 1 unspecified atom stereocenters. The first-order valence-electron chi connectivity index (χ1n) is 8.11. The van der Waals surface area contributed by atoms with Gasteiger partial charge in [0.1, 0.15) is 4.88 Å². The zero-order chi connectivity index (χ0) is 16.2. The highest BCUT2D eigenvalue weighted by molar-refractivity contribution is 7.13. The molecule has 0 spiro atoms. The molecule has 1 atom stereocenters. The number of likely N-dealkylation sites (tertiary alicyclic amines) is 1. The van der Waals surface area contributed by atoms with E-state index >= 15 is 0 Å². The molecule has 0 bridgehead atoms. The Hall–Kier alpha value is -1.72. The summed E-state index contributed by atoms with van der Waals surface area (Å²) >= 11 is 1.55. The number of thiazole rings is 1. The second-order valence-electron chi connectivity index (χ2n) is 6.15. The molecule has 1 aromatic heterocycles. The lowest BCUT2D eigenvalue weighted by molar-refractivity contribution is 0.0791. The number of nitrogens with zero attached hydrogens (tertiary/aromatic N) is 2. The third-order valence-electron chi connectivity index (χ3n) is 4.30. The van der Waals surface area contributed by atoms with Crippen molar-refractivity contribution in [2.45, 2.75) is 19.8 Å². The molecule has 1 aliphatic heterocycles. The van der Waals surface area contributed by atoms with Crippen molar-refractivity contribution in [1.82, 2.24) is 15.2 Å². The number of hydrogen-bond donors (Lipinski definition) is 1. The molecule has 0 aliphatic carbocycles. The van der Waals surface area contributed by atoms with Crippen molar-refractivity contribution >= 4 is 17.2 Å². The Morgan fingerprint density at radius 3 is 2.91 bits per heavy atom. The third-order valence-corrected chi connectivity index (χ3v) is 5.44. The molecular weight excluding hydrogens is 306 g/mol. The Labute approximate surface area is 141 Å². The summed E-state index contributed by atoms with van der Waals surface area (Å²) in [7, 11) is 1.97. The second kappa shape index (κ2) is 7.23. The maximum atomic E-state index is 12.8. The van der Waals surface area contributed by atoms with E-state index < -0.39 is 0 Å². The molecule has 1 amide bonds. The van der Waals surface area contributed by atoms with Crippen molar-refractivity contribution in [3.63, 3.8) is 0 Å². The summed E-state index contributed by atoms with van der Waals surface area (Å²) in [5.41, 5.74) is 2.10. The van der Waals surface area contributed by atoms with Crippen molar-refractivity contribution in [3.05, 3.63) is 51.5 Å². The number of benzene rings is 1. The van der Waals surface area contributed by atoms with Gasteiger partial charge in [0.2, 0.25) is 0 Å². The summed E-state index contributed by atoms with van der Waals surface area (Å²) in [6.45, 7) is 4.63. The average Bonchev–Trinajstić information content (AvgIpc) is 3.15. The molecule has 4 nitrogen and oxygen atoms in total. The normalized spacial score (nSPS) is 17.7. The maximum Gasteiger partial charge on any atom is 0.265 e. The van der Waals surface area contributed by atoms with E-state index in [0.29, 0.717) is 5.92 Å². The lowest BCUT2D eigenvalue weighted by Crippen LogP contribution is -2.30. The van der Waals surface area contributed by atoms with Gasteiger partial charge in [-0.25, -0.2) is 4.98 Å². The number of amides is 1. The van der Waals surface area contributed by atoms with Crippen molar-refractivity contribution in [2.24, 2.45) is 5.92 Å². The Morgan fingerprint density at radius 1 is 1.39 bits per heavy atom. The number of aryl methyl sites for hydroxylation is 1. The SMILES string of the molecule is CNCC1CCN(C(=O)c2sc(Cc3ccccc3)nc2C)C1. The molecule has 1 aliphatic rings. The summed E-state index contributed by atoms with van der Waals surface area (Å²) in [5, 5.41) is 4.22. The van der Waals surface area contributed by atoms with E-state index in [1.54, 1.807) is 11.3 Å². The van der Waals surface area contributed by atoms with Crippen molar-refractivity contribution in [3.8, 4) is 0 Å². The van der Waals surface area contributed by atoms with Crippen LogP contribution in [0.3, 0.4) is 0 Å². The first kappa shape index (κ1) is 16.1. The van der Waals surface area contributed by atoms with E-state index in [1.165, 1.54) is 5.56 Å². The predicted octanol–water partition coefficient (Wildman–Crippen LogP) is 2.72. The molecular formula is C18H23N3OS. The van der Waals surface area contributed by atoms with Gasteiger partial charge in [-0.1, -0.05) is 30.3 Å². The Morgan fingerprint density at radius 2 is 2.17 bits per heavy atom. The molecule has 1 saturated heterocycles. The van der Waals surface area contributed by atoms with E-state index in [0.717, 1.165) is 48.1 Å². The summed E-state index contributed by atoms with van der Waals surface area (Å²) in [6.07, 6.45) is 1.88. The number of hydrogen-bond acceptors (Lipinski definition) is 4. The van der Waals surface area contributed by atoms with Crippen LogP contribution in [-0.2, 0) is 6.42 Å². The van der Waals surface area contributed by atoms with E-state index in [1.807, 2.05) is 37.1 Å². The molecule has 1 fully saturated rings. The standard InChI is InChI=1S/C18H23N3OS/c1-13-17(18(22)21-9-8-15(12-21)11-19-2)23-16(20-13)10-14-6-4-3-5-7-14/h3-7,15,19H,8-12H2,1-2H3. The van der Waals surface area contributed by atoms with Gasteiger partial charge in [0, 0.05) is 19.5 Å². The van der Waals surface area contributed by atoms with E-state index in [-0.39, 0.29) is 5.91 Å². The fraction of sp³-hybridized carbons (Fsp3) is 0.444. The van der Waals surface area contributed by atoms with Crippen molar-refractivity contribution < 1.29 is 4.79 Å². The smallest absolute Gasteiger partial charge is 0.265 e. The molecule has 1 aromatic carbocycles. The lowest BCUT2D eigenvalue weighted by Gasteiger charge is -2.15. The summed E-state index contributed by atoms with van der Waals surface area (Å²) in [6, 6.07) is 10.3. The number of carbonyl (C=O) groups excluding carboxylic acids is 1. The minimum Gasteiger partial charge on any atom is -0.338 e. The van der Waals surface area contributed by atoms with Crippen LogP contribution in [0.5, 0.6) is 0 Å². The van der Waals surface area contributed by atoms with Gasteiger partial charge in [0.05, 0.1) is 10.7 Å². The van der Waals surface area contributed by atoms with E-state index in [2.05, 4.69) is 22.4 Å². The van der Waals surface area contributed by atoms with Crippen LogP contribution in [0.1, 0.15) is 32.4 Å². The van der Waals surface area contributed by atoms with Gasteiger partial charge in [0.15, 0.2) is 0 Å². The van der Waals surface area contributed by atoms with Gasteiger partial charge in [-0.3, -0.25) is 4.79 Å². The van der Waals surface area contributed by atoms with Crippen LogP contribution in [0.15, 0.2) is 30.3 Å². The van der Waals surface area contributed by atoms with E-state index in [9.17, 15) is 4.79 Å². The second-order valence-corrected chi connectivity index (χ2v) is 7.23. The zero-order valence-corrected chi connectivity index (χ0v) is 14.5. The molecule has 23 heavy (non-hydrogen) atoms. The highest BCUT2D eigenvalue weighted by Crippen LogP contribution is 2.25. The highest BCUT2D eigenvalue weighted by atomic mass is 32.1. The van der Waals surface area contributed by atoms with Crippen molar-refractivity contribution in [1.29, 1.82) is 0 Å². The van der Waals surface area contributed by atoms with Crippen LogP contribution < -0.4 is 5.32 Å². The van der Waals surface area contributed by atoms with Gasteiger partial charge in [-0.05, 0) is 38.4 Å². The molecule has 0 saturated carbocycles. The number of rotatable bonds is 5. The van der Waals surface area contributed by atoms with Crippen molar-refractivity contribution in [2.75, 3.05) is 26.7 Å². The highest BCUT2D eigenvalue weighted by Gasteiger charge is 2.28. The van der Waals surface area contributed by atoms with Crippen LogP contribution in [0, 0.1) is 12.8 Å². The first-order valence-corrected chi connectivity index (χ1v) is 8.93. The van der Waals surface area contributed by atoms with Crippen LogP contribution in [-0.4, -0.2) is 42.5 Å². The Bertz CT molecular complexity index is 668.